The highest BCUT2D eigenvalue weighted by Crippen LogP contribution is 2.35. The lowest BCUT2D eigenvalue weighted by Gasteiger charge is -2.30. The number of rotatable bonds is 24. The lowest BCUT2D eigenvalue weighted by Crippen LogP contribution is -2.33. The van der Waals surface area contributed by atoms with E-state index >= 15 is 0 Å². The number of hydrogen-bond acceptors (Lipinski definition) is 1. The van der Waals surface area contributed by atoms with E-state index in [1.54, 1.807) is 0 Å². The Balaban J connectivity index is 3.91. The Labute approximate surface area is 196 Å². The van der Waals surface area contributed by atoms with E-state index < -0.39 is 11.4 Å². The first-order valence-electron chi connectivity index (χ1n) is 14.2. The molecule has 0 rings (SSSR count). The fourth-order valence-corrected chi connectivity index (χ4v) is 4.80. The van der Waals surface area contributed by atoms with Gasteiger partial charge >= 0.3 is 5.97 Å². The minimum absolute atomic E-state index is 0.327. The fraction of sp³-hybridized carbons (Fsp3) is 0.966. The van der Waals surface area contributed by atoms with Gasteiger partial charge in [0.25, 0.3) is 0 Å². The van der Waals surface area contributed by atoms with Crippen molar-refractivity contribution in [2.75, 3.05) is 0 Å². The van der Waals surface area contributed by atoms with Gasteiger partial charge in [-0.25, -0.2) is 0 Å². The number of carboxylic acids is 1. The molecule has 0 spiro atoms. The van der Waals surface area contributed by atoms with Gasteiger partial charge in [0.1, 0.15) is 0 Å². The van der Waals surface area contributed by atoms with Crippen LogP contribution < -0.4 is 0 Å². The van der Waals surface area contributed by atoms with Crippen molar-refractivity contribution in [2.45, 2.75) is 169 Å². The molecule has 0 fully saturated rings. The number of aliphatic carboxylic acids is 1. The molecule has 186 valence electrons. The average Bonchev–Trinajstić information content (AvgIpc) is 2.74. The molecule has 0 aromatic carbocycles. The van der Waals surface area contributed by atoms with Crippen molar-refractivity contribution in [3.8, 4) is 0 Å². The Morgan fingerprint density at radius 1 is 0.548 bits per heavy atom. The number of hydrogen-bond donors (Lipinski definition) is 1. The molecular weight excluding hydrogens is 380 g/mol. The number of carboxylic acid groups (broad SMARTS) is 1. The molecule has 0 radical (unpaired) electrons. The van der Waals surface area contributed by atoms with Crippen LogP contribution in [0.2, 0.25) is 0 Å². The Morgan fingerprint density at radius 2 is 0.806 bits per heavy atom. The zero-order valence-electron chi connectivity index (χ0n) is 22.0. The van der Waals surface area contributed by atoms with Crippen molar-refractivity contribution in [1.29, 1.82) is 0 Å². The molecule has 2 nitrogen and oxygen atoms in total. The summed E-state index contributed by atoms with van der Waals surface area (Å²) in [5.41, 5.74) is -0.585. The summed E-state index contributed by atoms with van der Waals surface area (Å²) in [6.45, 7) is 8.45. The Kier molecular flexibility index (Phi) is 21.0. The van der Waals surface area contributed by atoms with E-state index in [9.17, 15) is 9.90 Å². The van der Waals surface area contributed by atoms with Crippen LogP contribution in [0.4, 0.5) is 0 Å². The average molecular weight is 439 g/mol. The SMILES string of the molecule is CCCCCCCCCCCCC(CCCCCCCCCCCC)C(C)(C)C(=O)O. The number of unbranched alkanes of at least 4 members (excludes halogenated alkanes) is 18. The van der Waals surface area contributed by atoms with Crippen LogP contribution in [0.3, 0.4) is 0 Å². The van der Waals surface area contributed by atoms with Crippen molar-refractivity contribution in [2.24, 2.45) is 11.3 Å². The van der Waals surface area contributed by atoms with Gasteiger partial charge in [0.15, 0.2) is 0 Å². The Bertz CT molecular complexity index is 364. The molecule has 0 aromatic heterocycles. The third kappa shape index (κ3) is 17.7. The van der Waals surface area contributed by atoms with Gasteiger partial charge in [-0.1, -0.05) is 142 Å². The molecule has 0 atom stereocenters. The predicted octanol–water partition coefficient (Wildman–Crippen LogP) is 10.3. The second kappa shape index (κ2) is 21.3. The summed E-state index contributed by atoms with van der Waals surface area (Å²) in [7, 11) is 0. The van der Waals surface area contributed by atoms with E-state index in [1.165, 1.54) is 128 Å². The predicted molar refractivity (Wildman–Crippen MR) is 138 cm³/mol. The highest BCUT2D eigenvalue weighted by atomic mass is 16.4. The van der Waals surface area contributed by atoms with Gasteiger partial charge in [0, 0.05) is 0 Å². The molecule has 1 N–H and O–H groups in total. The molecule has 0 saturated carbocycles. The standard InChI is InChI=1S/C29H58O2/c1-5-7-9-11-13-15-17-19-21-23-25-27(29(3,4)28(30)31)26-24-22-20-18-16-14-12-10-8-6-2/h27H,5-26H2,1-4H3,(H,30,31). The van der Waals surface area contributed by atoms with Crippen molar-refractivity contribution < 1.29 is 9.90 Å². The summed E-state index contributed by atoms with van der Waals surface area (Å²) in [5.74, 6) is -0.287. The lowest BCUT2D eigenvalue weighted by molar-refractivity contribution is -0.150. The fourth-order valence-electron chi connectivity index (χ4n) is 4.80. The van der Waals surface area contributed by atoms with Crippen LogP contribution in [-0.2, 0) is 4.79 Å². The van der Waals surface area contributed by atoms with E-state index in [1.807, 2.05) is 13.8 Å². The van der Waals surface area contributed by atoms with Crippen LogP contribution >= 0.6 is 0 Å². The molecule has 0 aliphatic carbocycles. The van der Waals surface area contributed by atoms with Gasteiger partial charge in [-0.05, 0) is 32.6 Å². The van der Waals surface area contributed by atoms with Gasteiger partial charge in [-0.3, -0.25) is 4.79 Å². The molecule has 0 bridgehead atoms. The first-order chi connectivity index (χ1) is 15.0. The van der Waals surface area contributed by atoms with E-state index in [0.717, 1.165) is 12.8 Å². The van der Waals surface area contributed by atoms with E-state index in [4.69, 9.17) is 0 Å². The topological polar surface area (TPSA) is 37.3 Å². The highest BCUT2D eigenvalue weighted by Gasteiger charge is 2.35. The van der Waals surface area contributed by atoms with Crippen LogP contribution in [0.15, 0.2) is 0 Å². The maximum Gasteiger partial charge on any atom is 0.309 e. The molecule has 0 saturated heterocycles. The summed E-state index contributed by atoms with van der Waals surface area (Å²) in [6.07, 6.45) is 29.1. The molecule has 0 amide bonds. The molecule has 0 aliphatic rings. The van der Waals surface area contributed by atoms with Crippen LogP contribution in [0.1, 0.15) is 169 Å². The van der Waals surface area contributed by atoms with Gasteiger partial charge in [0.2, 0.25) is 0 Å². The Hall–Kier alpha value is -0.530. The van der Waals surface area contributed by atoms with Crippen molar-refractivity contribution in [3.05, 3.63) is 0 Å². The van der Waals surface area contributed by atoms with E-state index in [-0.39, 0.29) is 0 Å². The summed E-state index contributed by atoms with van der Waals surface area (Å²) in [5, 5.41) is 9.73. The smallest absolute Gasteiger partial charge is 0.309 e. The molecule has 0 aliphatic heterocycles. The second-order valence-electron chi connectivity index (χ2n) is 10.7. The van der Waals surface area contributed by atoms with Crippen molar-refractivity contribution in [1.82, 2.24) is 0 Å². The molecule has 0 unspecified atom stereocenters. The van der Waals surface area contributed by atoms with Crippen LogP contribution in [0, 0.1) is 11.3 Å². The van der Waals surface area contributed by atoms with Gasteiger partial charge < -0.3 is 5.11 Å². The van der Waals surface area contributed by atoms with Gasteiger partial charge in [0.05, 0.1) is 5.41 Å². The maximum absolute atomic E-state index is 11.8. The van der Waals surface area contributed by atoms with Crippen LogP contribution in [0.25, 0.3) is 0 Å². The van der Waals surface area contributed by atoms with Crippen LogP contribution in [0.5, 0.6) is 0 Å². The monoisotopic (exact) mass is 438 g/mol. The Morgan fingerprint density at radius 3 is 1.06 bits per heavy atom. The minimum atomic E-state index is -0.614. The van der Waals surface area contributed by atoms with Gasteiger partial charge in [-0.15, -0.1) is 0 Å². The quantitative estimate of drug-likeness (QED) is 0.152. The highest BCUT2D eigenvalue weighted by molar-refractivity contribution is 5.74. The maximum atomic E-state index is 11.8. The van der Waals surface area contributed by atoms with E-state index in [0.29, 0.717) is 5.92 Å². The third-order valence-corrected chi connectivity index (χ3v) is 7.38. The van der Waals surface area contributed by atoms with Crippen LogP contribution in [-0.4, -0.2) is 11.1 Å². The molecule has 31 heavy (non-hydrogen) atoms. The zero-order chi connectivity index (χ0) is 23.2. The first kappa shape index (κ1) is 30.5. The van der Waals surface area contributed by atoms with E-state index in [2.05, 4.69) is 13.8 Å². The van der Waals surface area contributed by atoms with Gasteiger partial charge in [-0.2, -0.15) is 0 Å². The number of carbonyl (C=O) groups is 1. The summed E-state index contributed by atoms with van der Waals surface area (Å²) in [4.78, 5) is 11.8. The first-order valence-corrected chi connectivity index (χ1v) is 14.2. The second-order valence-corrected chi connectivity index (χ2v) is 10.7. The zero-order valence-corrected chi connectivity index (χ0v) is 22.0. The molecule has 0 heterocycles. The molecule has 2 heteroatoms. The minimum Gasteiger partial charge on any atom is -0.481 e. The summed E-state index contributed by atoms with van der Waals surface area (Å²) in [6, 6.07) is 0. The summed E-state index contributed by atoms with van der Waals surface area (Å²) >= 11 is 0. The lowest BCUT2D eigenvalue weighted by atomic mass is 9.73. The molecule has 0 aromatic rings. The van der Waals surface area contributed by atoms with Crippen molar-refractivity contribution in [3.63, 3.8) is 0 Å². The summed E-state index contributed by atoms with van der Waals surface area (Å²) < 4.78 is 0. The largest absolute Gasteiger partial charge is 0.481 e. The molecular formula is C29H58O2. The third-order valence-electron chi connectivity index (χ3n) is 7.38. The van der Waals surface area contributed by atoms with Crippen molar-refractivity contribution >= 4 is 5.97 Å². The normalized spacial score (nSPS) is 12.0.